The number of benzene rings is 2. The molecule has 0 fully saturated rings. The van der Waals surface area contributed by atoms with Crippen LogP contribution in [0.1, 0.15) is 16.1 Å². The van der Waals surface area contributed by atoms with E-state index in [0.29, 0.717) is 10.7 Å². The molecule has 3 aromatic rings. The lowest BCUT2D eigenvalue weighted by Crippen LogP contribution is -2.06. The third-order valence-electron chi connectivity index (χ3n) is 3.06. The van der Waals surface area contributed by atoms with Crippen LogP contribution < -0.4 is 0 Å². The van der Waals surface area contributed by atoms with E-state index < -0.39 is 5.97 Å². The zero-order chi connectivity index (χ0) is 16.2. The van der Waals surface area contributed by atoms with Gasteiger partial charge in [-0.05, 0) is 30.3 Å². The number of hydrogen-bond donors (Lipinski definition) is 0. The van der Waals surface area contributed by atoms with Gasteiger partial charge in [0.05, 0.1) is 22.5 Å². The first kappa shape index (κ1) is 15.5. The van der Waals surface area contributed by atoms with Crippen molar-refractivity contribution in [2.45, 2.75) is 6.61 Å². The highest BCUT2D eigenvalue weighted by Gasteiger charge is 2.13. The van der Waals surface area contributed by atoms with Crippen LogP contribution in [0.25, 0.3) is 5.69 Å². The molecule has 0 aliphatic carbocycles. The molecule has 5 nitrogen and oxygen atoms in total. The second kappa shape index (κ2) is 6.81. The Morgan fingerprint density at radius 2 is 1.91 bits per heavy atom. The fourth-order valence-electron chi connectivity index (χ4n) is 1.94. The molecule has 0 saturated heterocycles. The molecule has 0 radical (unpaired) electrons. The number of hydrogen-bond acceptors (Lipinski definition) is 4. The van der Waals surface area contributed by atoms with E-state index in [1.165, 1.54) is 12.1 Å². The molecule has 1 aromatic heterocycles. The number of carbonyl (C=O) groups excluding carboxylic acids is 1. The zero-order valence-corrected chi connectivity index (χ0v) is 13.3. The number of halogens is 2. The fraction of sp³-hybridized carbons (Fsp3) is 0.0625. The van der Waals surface area contributed by atoms with Gasteiger partial charge in [0.15, 0.2) is 0 Å². The van der Waals surface area contributed by atoms with Crippen molar-refractivity contribution < 1.29 is 9.53 Å². The Hall–Kier alpha value is -2.37. The Labute approximate surface area is 142 Å². The highest BCUT2D eigenvalue weighted by molar-refractivity contribution is 6.36. The molecule has 0 aliphatic heterocycles. The maximum Gasteiger partial charge on any atom is 0.340 e. The van der Waals surface area contributed by atoms with Crippen molar-refractivity contribution in [2.75, 3.05) is 0 Å². The van der Waals surface area contributed by atoms with E-state index in [1.807, 2.05) is 30.3 Å². The molecule has 7 heteroatoms. The van der Waals surface area contributed by atoms with E-state index in [-0.39, 0.29) is 17.2 Å². The average molecular weight is 348 g/mol. The lowest BCUT2D eigenvalue weighted by molar-refractivity contribution is 0.0468. The van der Waals surface area contributed by atoms with Crippen molar-refractivity contribution in [2.24, 2.45) is 0 Å². The summed E-state index contributed by atoms with van der Waals surface area (Å²) in [6.45, 7) is 0.00459. The summed E-state index contributed by atoms with van der Waals surface area (Å²) in [7, 11) is 0. The van der Waals surface area contributed by atoms with Gasteiger partial charge in [0.1, 0.15) is 12.3 Å². The van der Waals surface area contributed by atoms with Gasteiger partial charge in [0.25, 0.3) is 0 Å². The molecule has 3 rings (SSSR count). The van der Waals surface area contributed by atoms with Crippen LogP contribution in [0.5, 0.6) is 0 Å². The van der Waals surface area contributed by atoms with Crippen molar-refractivity contribution in [3.8, 4) is 5.69 Å². The standard InChI is InChI=1S/C16H11Cl2N3O2/c17-11-6-7-14(15(18)8-11)16(22)23-10-12-9-21(20-19-12)13-4-2-1-3-5-13/h1-9H,10H2. The van der Waals surface area contributed by atoms with Crippen LogP contribution in [-0.4, -0.2) is 21.0 Å². The van der Waals surface area contributed by atoms with E-state index in [4.69, 9.17) is 27.9 Å². The molecule has 0 spiro atoms. The van der Waals surface area contributed by atoms with Crippen molar-refractivity contribution >= 4 is 29.2 Å². The molecule has 0 aliphatic rings. The highest BCUT2D eigenvalue weighted by Crippen LogP contribution is 2.22. The maximum absolute atomic E-state index is 12.0. The molecular weight excluding hydrogens is 337 g/mol. The van der Waals surface area contributed by atoms with Gasteiger partial charge < -0.3 is 4.74 Å². The normalized spacial score (nSPS) is 10.5. The molecule has 23 heavy (non-hydrogen) atoms. The van der Waals surface area contributed by atoms with E-state index in [2.05, 4.69) is 10.3 Å². The predicted molar refractivity (Wildman–Crippen MR) is 86.9 cm³/mol. The highest BCUT2D eigenvalue weighted by atomic mass is 35.5. The number of nitrogens with zero attached hydrogens (tertiary/aromatic N) is 3. The molecule has 0 atom stereocenters. The van der Waals surface area contributed by atoms with Gasteiger partial charge in [-0.25, -0.2) is 9.48 Å². The average Bonchev–Trinajstić information content (AvgIpc) is 3.02. The lowest BCUT2D eigenvalue weighted by Gasteiger charge is -2.04. The quantitative estimate of drug-likeness (QED) is 0.671. The first-order chi connectivity index (χ1) is 11.1. The van der Waals surface area contributed by atoms with Gasteiger partial charge in [0.2, 0.25) is 0 Å². The Morgan fingerprint density at radius 1 is 1.13 bits per heavy atom. The fourth-order valence-corrected chi connectivity index (χ4v) is 2.43. The van der Waals surface area contributed by atoms with Gasteiger partial charge in [-0.1, -0.05) is 46.6 Å². The Kier molecular flexibility index (Phi) is 4.60. The van der Waals surface area contributed by atoms with Gasteiger partial charge >= 0.3 is 5.97 Å². The number of carbonyl (C=O) groups is 1. The Bertz CT molecular complexity index is 834. The summed E-state index contributed by atoms with van der Waals surface area (Å²) in [5.41, 5.74) is 1.66. The number of ether oxygens (including phenoxy) is 1. The molecule has 0 N–H and O–H groups in total. The van der Waals surface area contributed by atoms with Crippen molar-refractivity contribution in [1.82, 2.24) is 15.0 Å². The molecule has 1 heterocycles. The first-order valence-electron chi connectivity index (χ1n) is 6.72. The minimum atomic E-state index is -0.541. The molecule has 0 bridgehead atoms. The zero-order valence-electron chi connectivity index (χ0n) is 11.8. The SMILES string of the molecule is O=C(OCc1cn(-c2ccccc2)nn1)c1ccc(Cl)cc1Cl. The molecule has 0 unspecified atom stereocenters. The Morgan fingerprint density at radius 3 is 2.65 bits per heavy atom. The summed E-state index contributed by atoms with van der Waals surface area (Å²) in [6, 6.07) is 14.1. The summed E-state index contributed by atoms with van der Waals surface area (Å²) >= 11 is 11.8. The van der Waals surface area contributed by atoms with E-state index in [1.54, 1.807) is 16.9 Å². The third-order valence-corrected chi connectivity index (χ3v) is 3.61. The van der Waals surface area contributed by atoms with Crippen molar-refractivity contribution in [1.29, 1.82) is 0 Å². The monoisotopic (exact) mass is 347 g/mol. The minimum Gasteiger partial charge on any atom is -0.455 e. The Balaban J connectivity index is 1.67. The summed E-state index contributed by atoms with van der Waals surface area (Å²) in [5.74, 6) is -0.541. The van der Waals surface area contributed by atoms with Crippen LogP contribution in [-0.2, 0) is 11.3 Å². The first-order valence-corrected chi connectivity index (χ1v) is 7.48. The second-order valence-electron chi connectivity index (χ2n) is 4.69. The van der Waals surface area contributed by atoms with Gasteiger partial charge in [-0.2, -0.15) is 0 Å². The van der Waals surface area contributed by atoms with Gasteiger partial charge in [-0.15, -0.1) is 5.10 Å². The van der Waals surface area contributed by atoms with Crippen molar-refractivity contribution in [3.63, 3.8) is 0 Å². The number of rotatable bonds is 4. The van der Waals surface area contributed by atoms with Crippen LogP contribution in [0.4, 0.5) is 0 Å². The summed E-state index contributed by atoms with van der Waals surface area (Å²) in [6.07, 6.45) is 1.70. The largest absolute Gasteiger partial charge is 0.455 e. The molecular formula is C16H11Cl2N3O2. The van der Waals surface area contributed by atoms with E-state index in [0.717, 1.165) is 5.69 Å². The molecule has 0 amide bonds. The number of esters is 1. The number of aromatic nitrogens is 3. The van der Waals surface area contributed by atoms with Gasteiger partial charge in [0, 0.05) is 5.02 Å². The minimum absolute atomic E-state index is 0.00459. The van der Waals surface area contributed by atoms with Gasteiger partial charge in [-0.3, -0.25) is 0 Å². The van der Waals surface area contributed by atoms with Crippen LogP contribution in [0.15, 0.2) is 54.7 Å². The van der Waals surface area contributed by atoms with Crippen LogP contribution >= 0.6 is 23.2 Å². The molecule has 116 valence electrons. The topological polar surface area (TPSA) is 57.0 Å². The number of para-hydroxylation sites is 1. The predicted octanol–water partition coefficient (Wildman–Crippen LogP) is 3.93. The van der Waals surface area contributed by atoms with Crippen LogP contribution in [0.3, 0.4) is 0 Å². The third kappa shape index (κ3) is 3.70. The van der Waals surface area contributed by atoms with Crippen LogP contribution in [0, 0.1) is 0 Å². The lowest BCUT2D eigenvalue weighted by atomic mass is 10.2. The smallest absolute Gasteiger partial charge is 0.340 e. The summed E-state index contributed by atoms with van der Waals surface area (Å²) in [5, 5.41) is 8.68. The maximum atomic E-state index is 12.0. The van der Waals surface area contributed by atoms with Crippen LogP contribution in [0.2, 0.25) is 10.0 Å². The van der Waals surface area contributed by atoms with E-state index in [9.17, 15) is 4.79 Å². The summed E-state index contributed by atoms with van der Waals surface area (Å²) in [4.78, 5) is 12.0. The van der Waals surface area contributed by atoms with E-state index >= 15 is 0 Å². The summed E-state index contributed by atoms with van der Waals surface area (Å²) < 4.78 is 6.81. The second-order valence-corrected chi connectivity index (χ2v) is 5.53. The van der Waals surface area contributed by atoms with Crippen molar-refractivity contribution in [3.05, 3.63) is 76.0 Å². The molecule has 0 saturated carbocycles. The molecule has 2 aromatic carbocycles.